The van der Waals surface area contributed by atoms with Crippen LogP contribution in [0.1, 0.15) is 38.4 Å². The molecule has 3 heteroatoms. The van der Waals surface area contributed by atoms with Crippen LogP contribution in [0.3, 0.4) is 0 Å². The van der Waals surface area contributed by atoms with Gasteiger partial charge in [0.25, 0.3) is 0 Å². The zero-order valence-corrected chi connectivity index (χ0v) is 9.05. The van der Waals surface area contributed by atoms with Crippen LogP contribution in [0.4, 0.5) is 4.39 Å². The van der Waals surface area contributed by atoms with Crippen LogP contribution < -0.4 is 0 Å². The van der Waals surface area contributed by atoms with Crippen molar-refractivity contribution in [1.82, 2.24) is 9.97 Å². The molecule has 0 amide bonds. The predicted octanol–water partition coefficient (Wildman–Crippen LogP) is 3.61. The number of aromatic amines is 1. The highest BCUT2D eigenvalue weighted by atomic mass is 19.1. The van der Waals surface area contributed by atoms with Crippen molar-refractivity contribution in [2.24, 2.45) is 0 Å². The van der Waals surface area contributed by atoms with Crippen LogP contribution >= 0.6 is 0 Å². The van der Waals surface area contributed by atoms with E-state index in [0.29, 0.717) is 5.92 Å². The van der Waals surface area contributed by atoms with Crippen molar-refractivity contribution in [3.8, 4) is 0 Å². The molecule has 0 saturated carbocycles. The molecular formula is C12H15FN2. The van der Waals surface area contributed by atoms with E-state index < -0.39 is 0 Å². The number of aromatic nitrogens is 2. The summed E-state index contributed by atoms with van der Waals surface area (Å²) in [6.07, 6.45) is 2.11. The lowest BCUT2D eigenvalue weighted by molar-refractivity contribution is 0.611. The fraction of sp³-hybridized carbons (Fsp3) is 0.417. The van der Waals surface area contributed by atoms with Gasteiger partial charge in [-0.05, 0) is 31.0 Å². The number of fused-ring (bicyclic) bond motifs is 1. The normalized spacial score (nSPS) is 11.5. The third-order valence-corrected chi connectivity index (χ3v) is 2.83. The minimum Gasteiger partial charge on any atom is -0.342 e. The summed E-state index contributed by atoms with van der Waals surface area (Å²) in [6.45, 7) is 4.28. The molecule has 0 radical (unpaired) electrons. The molecule has 0 bridgehead atoms. The highest BCUT2D eigenvalue weighted by molar-refractivity contribution is 5.75. The zero-order valence-electron chi connectivity index (χ0n) is 9.05. The Hall–Kier alpha value is -1.38. The molecule has 0 aliphatic rings. The van der Waals surface area contributed by atoms with Crippen molar-refractivity contribution in [2.45, 2.75) is 32.6 Å². The molecule has 1 N–H and O–H groups in total. The van der Waals surface area contributed by atoms with Gasteiger partial charge in [0.05, 0.1) is 11.0 Å². The second kappa shape index (κ2) is 4.01. The van der Waals surface area contributed by atoms with Crippen LogP contribution in [0, 0.1) is 5.82 Å². The Morgan fingerprint density at radius 3 is 2.73 bits per heavy atom. The third kappa shape index (κ3) is 1.87. The third-order valence-electron chi connectivity index (χ3n) is 2.83. The molecule has 1 aromatic carbocycles. The molecule has 2 rings (SSSR count). The molecular weight excluding hydrogens is 191 g/mol. The van der Waals surface area contributed by atoms with E-state index in [2.05, 4.69) is 23.8 Å². The van der Waals surface area contributed by atoms with E-state index >= 15 is 0 Å². The van der Waals surface area contributed by atoms with E-state index in [-0.39, 0.29) is 5.82 Å². The van der Waals surface area contributed by atoms with E-state index in [1.807, 2.05) is 0 Å². The molecule has 0 fully saturated rings. The fourth-order valence-electron chi connectivity index (χ4n) is 1.87. The van der Waals surface area contributed by atoms with Crippen LogP contribution in [-0.4, -0.2) is 9.97 Å². The van der Waals surface area contributed by atoms with Gasteiger partial charge in [-0.1, -0.05) is 13.8 Å². The number of halogens is 1. The Balaban J connectivity index is 2.46. The molecule has 0 saturated heterocycles. The van der Waals surface area contributed by atoms with E-state index in [4.69, 9.17) is 0 Å². The van der Waals surface area contributed by atoms with Gasteiger partial charge in [0.15, 0.2) is 0 Å². The van der Waals surface area contributed by atoms with Crippen molar-refractivity contribution in [3.05, 3.63) is 29.8 Å². The summed E-state index contributed by atoms with van der Waals surface area (Å²) in [5, 5.41) is 0. The largest absolute Gasteiger partial charge is 0.342 e. The number of imidazole rings is 1. The Morgan fingerprint density at radius 2 is 2.07 bits per heavy atom. The summed E-state index contributed by atoms with van der Waals surface area (Å²) in [7, 11) is 0. The van der Waals surface area contributed by atoms with Gasteiger partial charge in [0.1, 0.15) is 11.6 Å². The van der Waals surface area contributed by atoms with Gasteiger partial charge in [-0.3, -0.25) is 0 Å². The van der Waals surface area contributed by atoms with Crippen molar-refractivity contribution < 1.29 is 4.39 Å². The van der Waals surface area contributed by atoms with Crippen LogP contribution in [-0.2, 0) is 0 Å². The Bertz CT molecular complexity index is 458. The summed E-state index contributed by atoms with van der Waals surface area (Å²) >= 11 is 0. The first-order chi connectivity index (χ1) is 7.24. The second-order valence-corrected chi connectivity index (χ2v) is 3.80. The molecule has 80 valence electrons. The molecule has 0 aliphatic heterocycles. The van der Waals surface area contributed by atoms with Crippen LogP contribution in [0.2, 0.25) is 0 Å². The number of hydrogen-bond acceptors (Lipinski definition) is 1. The second-order valence-electron chi connectivity index (χ2n) is 3.80. The molecule has 1 heterocycles. The minimum atomic E-state index is -0.220. The van der Waals surface area contributed by atoms with Gasteiger partial charge >= 0.3 is 0 Å². The van der Waals surface area contributed by atoms with E-state index in [0.717, 1.165) is 29.7 Å². The number of H-pyrrole nitrogens is 1. The maximum Gasteiger partial charge on any atom is 0.125 e. The maximum absolute atomic E-state index is 13.0. The average Bonchev–Trinajstić information content (AvgIpc) is 2.62. The molecule has 0 aliphatic carbocycles. The molecule has 0 atom stereocenters. The van der Waals surface area contributed by atoms with Gasteiger partial charge in [-0.15, -0.1) is 0 Å². The highest BCUT2D eigenvalue weighted by Gasteiger charge is 2.11. The fourth-order valence-corrected chi connectivity index (χ4v) is 1.87. The maximum atomic E-state index is 13.0. The highest BCUT2D eigenvalue weighted by Crippen LogP contribution is 2.23. The first-order valence-electron chi connectivity index (χ1n) is 5.39. The van der Waals surface area contributed by atoms with Crippen molar-refractivity contribution in [1.29, 1.82) is 0 Å². The summed E-state index contributed by atoms with van der Waals surface area (Å²) < 4.78 is 13.0. The van der Waals surface area contributed by atoms with E-state index in [9.17, 15) is 4.39 Å². The molecule has 1 aromatic heterocycles. The topological polar surface area (TPSA) is 28.7 Å². The summed E-state index contributed by atoms with van der Waals surface area (Å²) in [5.41, 5.74) is 1.63. The molecule has 0 unspecified atom stereocenters. The first-order valence-corrected chi connectivity index (χ1v) is 5.39. The van der Waals surface area contributed by atoms with Crippen molar-refractivity contribution in [3.63, 3.8) is 0 Å². The predicted molar refractivity (Wildman–Crippen MR) is 59.4 cm³/mol. The zero-order chi connectivity index (χ0) is 10.8. The summed E-state index contributed by atoms with van der Waals surface area (Å²) in [4.78, 5) is 7.66. The first kappa shape index (κ1) is 10.1. The SMILES string of the molecule is CCC(CC)c1nc2ccc(F)cc2[nH]1. The number of rotatable bonds is 3. The number of benzene rings is 1. The molecule has 15 heavy (non-hydrogen) atoms. The minimum absolute atomic E-state index is 0.220. The average molecular weight is 206 g/mol. The lowest BCUT2D eigenvalue weighted by atomic mass is 10.0. The summed E-state index contributed by atoms with van der Waals surface area (Å²) in [5.74, 6) is 1.20. The lowest BCUT2D eigenvalue weighted by Crippen LogP contribution is -1.97. The smallest absolute Gasteiger partial charge is 0.125 e. The number of nitrogens with zero attached hydrogens (tertiary/aromatic N) is 1. The van der Waals surface area contributed by atoms with E-state index in [1.54, 1.807) is 6.07 Å². The lowest BCUT2D eigenvalue weighted by Gasteiger charge is -2.07. The molecule has 0 spiro atoms. The monoisotopic (exact) mass is 206 g/mol. The quantitative estimate of drug-likeness (QED) is 0.816. The van der Waals surface area contributed by atoms with Gasteiger partial charge in [0, 0.05) is 5.92 Å². The van der Waals surface area contributed by atoms with Gasteiger partial charge < -0.3 is 4.98 Å². The van der Waals surface area contributed by atoms with Crippen LogP contribution in [0.15, 0.2) is 18.2 Å². The van der Waals surface area contributed by atoms with Crippen molar-refractivity contribution in [2.75, 3.05) is 0 Å². The standard InChI is InChI=1S/C12H15FN2/c1-3-8(4-2)12-14-10-6-5-9(13)7-11(10)15-12/h5-8H,3-4H2,1-2H3,(H,14,15). The molecule has 2 nitrogen and oxygen atoms in total. The van der Waals surface area contributed by atoms with Gasteiger partial charge in [0.2, 0.25) is 0 Å². The number of nitrogens with one attached hydrogen (secondary N) is 1. The van der Waals surface area contributed by atoms with Gasteiger partial charge in [-0.2, -0.15) is 0 Å². The van der Waals surface area contributed by atoms with Crippen LogP contribution in [0.5, 0.6) is 0 Å². The summed E-state index contributed by atoms with van der Waals surface area (Å²) in [6, 6.07) is 4.65. The number of hydrogen-bond donors (Lipinski definition) is 1. The van der Waals surface area contributed by atoms with Crippen molar-refractivity contribution >= 4 is 11.0 Å². The van der Waals surface area contributed by atoms with Gasteiger partial charge in [-0.25, -0.2) is 9.37 Å². The Kier molecular flexibility index (Phi) is 2.71. The van der Waals surface area contributed by atoms with Crippen LogP contribution in [0.25, 0.3) is 11.0 Å². The Morgan fingerprint density at radius 1 is 1.33 bits per heavy atom. The Labute approximate surface area is 88.5 Å². The van der Waals surface area contributed by atoms with E-state index in [1.165, 1.54) is 12.1 Å². The molecule has 2 aromatic rings.